The van der Waals surface area contributed by atoms with Crippen LogP contribution < -0.4 is 0 Å². The van der Waals surface area contributed by atoms with Gasteiger partial charge in [0.15, 0.2) is 5.82 Å². The molecule has 1 aromatic heterocycles. The van der Waals surface area contributed by atoms with Crippen molar-refractivity contribution in [3.63, 3.8) is 0 Å². The molecule has 0 saturated carbocycles. The summed E-state index contributed by atoms with van der Waals surface area (Å²) in [7, 11) is 0. The van der Waals surface area contributed by atoms with Crippen molar-refractivity contribution in [1.82, 2.24) is 15.2 Å². The van der Waals surface area contributed by atoms with Gasteiger partial charge < -0.3 is 0 Å². The number of halogens is 1. The number of hydrogen-bond donors (Lipinski definition) is 1. The first-order valence-electron chi connectivity index (χ1n) is 4.79. The highest BCUT2D eigenvalue weighted by Crippen LogP contribution is 2.13. The zero-order chi connectivity index (χ0) is 11.4. The average molecular weight is 277 g/mol. The van der Waals surface area contributed by atoms with E-state index in [0.29, 0.717) is 12.2 Å². The van der Waals surface area contributed by atoms with Crippen LogP contribution in [0.1, 0.15) is 17.2 Å². The van der Waals surface area contributed by atoms with Crippen molar-refractivity contribution >= 4 is 15.9 Å². The molecule has 0 radical (unpaired) electrons. The van der Waals surface area contributed by atoms with Crippen LogP contribution in [0.5, 0.6) is 0 Å². The van der Waals surface area contributed by atoms with Crippen molar-refractivity contribution in [1.29, 1.82) is 5.26 Å². The lowest BCUT2D eigenvalue weighted by Crippen LogP contribution is -1.91. The molecule has 2 aromatic rings. The van der Waals surface area contributed by atoms with E-state index >= 15 is 0 Å². The van der Waals surface area contributed by atoms with Crippen molar-refractivity contribution in [2.75, 3.05) is 0 Å². The molecule has 4 nitrogen and oxygen atoms in total. The Morgan fingerprint density at radius 2 is 2.31 bits per heavy atom. The molecule has 2 rings (SSSR count). The van der Waals surface area contributed by atoms with E-state index in [0.717, 1.165) is 15.9 Å². The molecule has 0 aliphatic rings. The van der Waals surface area contributed by atoms with Gasteiger partial charge >= 0.3 is 0 Å². The molecule has 1 aromatic carbocycles. The molecular formula is C11H9BrN4. The normalized spacial score (nSPS) is 10.0. The van der Waals surface area contributed by atoms with Gasteiger partial charge in [0, 0.05) is 10.9 Å². The fourth-order valence-electron chi connectivity index (χ4n) is 1.40. The van der Waals surface area contributed by atoms with Crippen molar-refractivity contribution in [3.05, 3.63) is 46.0 Å². The van der Waals surface area contributed by atoms with Gasteiger partial charge in [-0.15, -0.1) is 0 Å². The minimum absolute atomic E-state index is 0.245. The maximum absolute atomic E-state index is 8.50. The van der Waals surface area contributed by atoms with Crippen molar-refractivity contribution in [2.24, 2.45) is 0 Å². The lowest BCUT2D eigenvalue weighted by molar-refractivity contribution is 0.964. The number of rotatable bonds is 3. The molecule has 0 aliphatic heterocycles. The molecule has 0 spiro atoms. The Morgan fingerprint density at radius 3 is 3.06 bits per heavy atom. The van der Waals surface area contributed by atoms with Crippen LogP contribution >= 0.6 is 15.9 Å². The molecule has 5 heteroatoms. The first-order chi connectivity index (χ1) is 7.78. The zero-order valence-electron chi connectivity index (χ0n) is 8.44. The Balaban J connectivity index is 2.12. The number of aromatic nitrogens is 3. The summed E-state index contributed by atoms with van der Waals surface area (Å²) >= 11 is 3.42. The number of nitrogens with one attached hydrogen (secondary N) is 1. The summed E-state index contributed by atoms with van der Waals surface area (Å²) in [5.74, 6) is 1.33. The Hall–Kier alpha value is -1.67. The molecule has 1 N–H and O–H groups in total. The summed E-state index contributed by atoms with van der Waals surface area (Å²) in [6, 6.07) is 10.0. The van der Waals surface area contributed by atoms with E-state index in [4.69, 9.17) is 5.26 Å². The third-order valence-corrected chi connectivity index (χ3v) is 2.57. The first kappa shape index (κ1) is 10.8. The van der Waals surface area contributed by atoms with Crippen LogP contribution in [0.2, 0.25) is 0 Å². The van der Waals surface area contributed by atoms with Crippen molar-refractivity contribution in [2.45, 2.75) is 12.8 Å². The second-order valence-electron chi connectivity index (χ2n) is 3.34. The highest BCUT2D eigenvalue weighted by atomic mass is 79.9. The molecule has 0 unspecified atom stereocenters. The molecule has 0 fully saturated rings. The van der Waals surface area contributed by atoms with Gasteiger partial charge in [0.1, 0.15) is 5.82 Å². The lowest BCUT2D eigenvalue weighted by Gasteiger charge is -1.97. The highest BCUT2D eigenvalue weighted by Gasteiger charge is 2.03. The van der Waals surface area contributed by atoms with E-state index in [-0.39, 0.29) is 6.42 Å². The SMILES string of the molecule is N#CCc1n[nH]c(Cc2cccc(Br)c2)n1. The van der Waals surface area contributed by atoms with Gasteiger partial charge in [-0.2, -0.15) is 10.4 Å². The molecule has 0 bridgehead atoms. The van der Waals surface area contributed by atoms with Crippen molar-refractivity contribution in [3.8, 4) is 6.07 Å². The van der Waals surface area contributed by atoms with Crippen LogP contribution in [0.15, 0.2) is 28.7 Å². The number of hydrogen-bond acceptors (Lipinski definition) is 3. The molecule has 0 aliphatic carbocycles. The molecule has 16 heavy (non-hydrogen) atoms. The van der Waals surface area contributed by atoms with E-state index in [9.17, 15) is 0 Å². The average Bonchev–Trinajstić information content (AvgIpc) is 2.66. The standard InChI is InChI=1S/C11H9BrN4/c12-9-3-1-2-8(6-9)7-11-14-10(4-5-13)15-16-11/h1-3,6H,4,7H2,(H,14,15,16). The summed E-state index contributed by atoms with van der Waals surface area (Å²) in [6.45, 7) is 0. The van der Waals surface area contributed by atoms with E-state index in [1.54, 1.807) is 0 Å². The molecule has 0 atom stereocenters. The van der Waals surface area contributed by atoms with Crippen LogP contribution in [0, 0.1) is 11.3 Å². The van der Waals surface area contributed by atoms with Gasteiger partial charge in [0.05, 0.1) is 12.5 Å². The van der Waals surface area contributed by atoms with Crippen LogP contribution in [-0.2, 0) is 12.8 Å². The summed E-state index contributed by atoms with van der Waals surface area (Å²) in [4.78, 5) is 4.22. The summed E-state index contributed by atoms with van der Waals surface area (Å²) < 4.78 is 1.04. The molecular weight excluding hydrogens is 268 g/mol. The Morgan fingerprint density at radius 1 is 1.44 bits per heavy atom. The predicted molar refractivity (Wildman–Crippen MR) is 62.6 cm³/mol. The minimum atomic E-state index is 0.245. The van der Waals surface area contributed by atoms with Gasteiger partial charge in [0.25, 0.3) is 0 Å². The monoisotopic (exact) mass is 276 g/mol. The van der Waals surface area contributed by atoms with Gasteiger partial charge in [-0.25, -0.2) is 4.98 Å². The van der Waals surface area contributed by atoms with E-state index in [2.05, 4.69) is 31.1 Å². The largest absolute Gasteiger partial charge is 0.263 e. The quantitative estimate of drug-likeness (QED) is 0.935. The first-order valence-corrected chi connectivity index (χ1v) is 5.59. The van der Waals surface area contributed by atoms with E-state index in [1.165, 1.54) is 0 Å². The second-order valence-corrected chi connectivity index (χ2v) is 4.26. The van der Waals surface area contributed by atoms with Crippen LogP contribution in [0.25, 0.3) is 0 Å². The van der Waals surface area contributed by atoms with E-state index in [1.807, 2.05) is 30.3 Å². The number of H-pyrrole nitrogens is 1. The second kappa shape index (κ2) is 4.90. The molecule has 0 amide bonds. The zero-order valence-corrected chi connectivity index (χ0v) is 10.0. The fraction of sp³-hybridized carbons (Fsp3) is 0.182. The van der Waals surface area contributed by atoms with Crippen LogP contribution in [0.4, 0.5) is 0 Å². The predicted octanol–water partition coefficient (Wildman–Crippen LogP) is 2.22. The minimum Gasteiger partial charge on any atom is -0.263 e. The fourth-order valence-corrected chi connectivity index (χ4v) is 1.85. The molecule has 1 heterocycles. The summed E-state index contributed by atoms with van der Waals surface area (Å²) in [5, 5.41) is 15.3. The van der Waals surface area contributed by atoms with Gasteiger partial charge in [-0.1, -0.05) is 28.1 Å². The number of benzene rings is 1. The van der Waals surface area contributed by atoms with Gasteiger partial charge in [-0.05, 0) is 17.7 Å². The number of aromatic amines is 1. The maximum Gasteiger partial charge on any atom is 0.164 e. The molecule has 80 valence electrons. The van der Waals surface area contributed by atoms with Crippen molar-refractivity contribution < 1.29 is 0 Å². The number of nitrogens with zero attached hydrogens (tertiary/aromatic N) is 3. The highest BCUT2D eigenvalue weighted by molar-refractivity contribution is 9.10. The Bertz CT molecular complexity index is 527. The third kappa shape index (κ3) is 2.67. The summed E-state index contributed by atoms with van der Waals surface area (Å²) in [6.07, 6.45) is 0.937. The smallest absolute Gasteiger partial charge is 0.164 e. The topological polar surface area (TPSA) is 65.4 Å². The number of nitriles is 1. The Labute approximate surface area is 101 Å². The molecule has 0 saturated heterocycles. The van der Waals surface area contributed by atoms with Crippen LogP contribution in [0.3, 0.4) is 0 Å². The van der Waals surface area contributed by atoms with E-state index < -0.39 is 0 Å². The van der Waals surface area contributed by atoms with Gasteiger partial charge in [-0.3, -0.25) is 5.10 Å². The lowest BCUT2D eigenvalue weighted by atomic mass is 10.1. The van der Waals surface area contributed by atoms with Crippen LogP contribution in [-0.4, -0.2) is 15.2 Å². The maximum atomic E-state index is 8.50. The Kier molecular flexibility index (Phi) is 3.32. The summed E-state index contributed by atoms with van der Waals surface area (Å²) in [5.41, 5.74) is 1.15. The third-order valence-electron chi connectivity index (χ3n) is 2.08. The van der Waals surface area contributed by atoms with Gasteiger partial charge in [0.2, 0.25) is 0 Å².